The zero-order chi connectivity index (χ0) is 51.0. The zero-order valence-electron chi connectivity index (χ0n) is 38.0. The standard InChI is InChI=1S/C39H60N7O19P3/c1-37(2,15-11-23-7-9-24(10-8-23)12-16-38(3,4)36(52)53)26(47)13-17-41-27(48)14-18-42-34(51)31(50)39(5,6)20-62-68(59,60)65-67(57,58)61-19-25-30(64-66(54,55)56)29(49)35(63-25)46-22-45-28-32(40)43-21-44-33(28)46/h7-10,21-22,25,29-31,35,49-50H,11-20H2,1-6H3,(H,41,48)(H,42,51)(H,52,53)(H,57,58)(H,59,60)(H2,40,43,44)(H2,54,55,56)/p-4. The highest BCUT2D eigenvalue weighted by molar-refractivity contribution is 7.59. The minimum absolute atomic E-state index is 0.0251. The molecule has 0 aliphatic carbocycles. The van der Waals surface area contributed by atoms with Gasteiger partial charge in [-0.2, -0.15) is 0 Å². The molecule has 68 heavy (non-hydrogen) atoms. The highest BCUT2D eigenvalue weighted by Gasteiger charge is 2.47. The Hall–Kier alpha value is -4.10. The van der Waals surface area contributed by atoms with Crippen LogP contribution in [-0.2, 0) is 68.3 Å². The molecule has 7 N–H and O–H groups in total. The number of aromatic nitrogens is 4. The number of aliphatic carboxylic acids is 1. The topological polar surface area (TPSA) is 412 Å². The van der Waals surface area contributed by atoms with E-state index in [0.717, 1.165) is 28.3 Å². The van der Waals surface area contributed by atoms with Gasteiger partial charge < -0.3 is 74.1 Å². The summed E-state index contributed by atoms with van der Waals surface area (Å²) in [5, 5.41) is 35.7. The van der Waals surface area contributed by atoms with Crippen molar-refractivity contribution in [3.05, 3.63) is 48.0 Å². The van der Waals surface area contributed by atoms with Crippen molar-refractivity contribution in [1.29, 1.82) is 0 Å². The number of anilines is 1. The summed E-state index contributed by atoms with van der Waals surface area (Å²) < 4.78 is 60.9. The largest absolute Gasteiger partial charge is 0.790 e. The molecule has 0 radical (unpaired) electrons. The maximum atomic E-state index is 13.0. The lowest BCUT2D eigenvalue weighted by atomic mass is 9.80. The number of aliphatic hydroxyl groups is 2. The molecule has 1 aliphatic heterocycles. The van der Waals surface area contributed by atoms with Gasteiger partial charge in [0.15, 0.2) is 17.7 Å². The minimum atomic E-state index is -5.95. The first kappa shape index (κ1) is 56.5. The van der Waals surface area contributed by atoms with Crippen LogP contribution in [0, 0.1) is 16.2 Å². The molecule has 1 aliphatic rings. The number of nitrogens with one attached hydrogen (secondary N) is 2. The van der Waals surface area contributed by atoms with E-state index in [0.29, 0.717) is 25.7 Å². The molecule has 380 valence electrons. The van der Waals surface area contributed by atoms with Crippen LogP contribution in [0.25, 0.3) is 11.2 Å². The number of rotatable bonds is 27. The third kappa shape index (κ3) is 16.2. The molecule has 7 unspecified atom stereocenters. The van der Waals surface area contributed by atoms with E-state index in [9.17, 15) is 67.8 Å². The van der Waals surface area contributed by atoms with Gasteiger partial charge in [-0.05, 0) is 50.7 Å². The number of fused-ring (bicyclic) bond motifs is 1. The number of nitrogens with zero attached hydrogens (tertiary/aromatic N) is 4. The number of hydrogen-bond acceptors (Lipinski definition) is 22. The first-order chi connectivity index (χ1) is 31.3. The number of phosphoric ester groups is 3. The predicted molar refractivity (Wildman–Crippen MR) is 229 cm³/mol. The van der Waals surface area contributed by atoms with Crippen molar-refractivity contribution >= 4 is 64.0 Å². The lowest BCUT2D eigenvalue weighted by Crippen LogP contribution is -2.46. The van der Waals surface area contributed by atoms with Crippen LogP contribution < -0.4 is 35.9 Å². The smallest absolute Gasteiger partial charge is 0.309 e. The molecule has 1 aromatic carbocycles. The Morgan fingerprint density at radius 2 is 1.44 bits per heavy atom. The van der Waals surface area contributed by atoms with E-state index in [-0.39, 0.29) is 48.7 Å². The van der Waals surface area contributed by atoms with Gasteiger partial charge in [-0.25, -0.2) is 19.3 Å². The van der Waals surface area contributed by atoms with Crippen molar-refractivity contribution in [1.82, 2.24) is 30.2 Å². The van der Waals surface area contributed by atoms with Gasteiger partial charge in [-0.15, -0.1) is 0 Å². The van der Waals surface area contributed by atoms with Crippen LogP contribution in [0.3, 0.4) is 0 Å². The quantitative estimate of drug-likeness (QED) is 0.0526. The van der Waals surface area contributed by atoms with E-state index >= 15 is 0 Å². The molecule has 29 heteroatoms. The van der Waals surface area contributed by atoms with Crippen LogP contribution in [0.1, 0.15) is 84.6 Å². The number of hydrogen-bond donors (Lipinski definition) is 6. The van der Waals surface area contributed by atoms with Crippen molar-refractivity contribution in [2.45, 2.75) is 111 Å². The Morgan fingerprint density at radius 1 is 0.868 bits per heavy atom. The van der Waals surface area contributed by atoms with Gasteiger partial charge in [0, 0.05) is 36.8 Å². The molecular weight excluding hydrogens is 963 g/mol. The van der Waals surface area contributed by atoms with Crippen LogP contribution in [0.15, 0.2) is 36.9 Å². The first-order valence-corrected chi connectivity index (χ1v) is 25.4. The van der Waals surface area contributed by atoms with Gasteiger partial charge in [0.1, 0.15) is 42.0 Å². The molecule has 1 saturated heterocycles. The van der Waals surface area contributed by atoms with Gasteiger partial charge in [0.2, 0.25) is 11.8 Å². The van der Waals surface area contributed by atoms with E-state index in [4.69, 9.17) is 10.5 Å². The summed E-state index contributed by atoms with van der Waals surface area (Å²) in [6, 6.07) is 7.81. The Morgan fingerprint density at radius 3 is 2.03 bits per heavy atom. The van der Waals surface area contributed by atoms with Crippen LogP contribution in [-0.4, -0.2) is 109 Å². The van der Waals surface area contributed by atoms with Crippen LogP contribution >= 0.6 is 23.5 Å². The maximum absolute atomic E-state index is 13.0. The predicted octanol–water partition coefficient (Wildman–Crippen LogP) is -0.461. The van der Waals surface area contributed by atoms with Crippen LogP contribution in [0.4, 0.5) is 5.82 Å². The second-order valence-corrected chi connectivity index (χ2v) is 22.1. The van der Waals surface area contributed by atoms with Gasteiger partial charge in [-0.3, -0.25) is 32.9 Å². The molecule has 3 aromatic rings. The number of Topliss-reactive ketones (excluding diaryl/α,β-unsaturated/α-hetero) is 1. The average Bonchev–Trinajstić information content (AvgIpc) is 3.80. The number of nitrogen functional groups attached to an aromatic ring is 1. The molecule has 4 rings (SSSR count). The summed E-state index contributed by atoms with van der Waals surface area (Å²) in [5.74, 6) is -2.59. The van der Waals surface area contributed by atoms with Crippen molar-refractivity contribution in [3.8, 4) is 0 Å². The van der Waals surface area contributed by atoms with Gasteiger partial charge in [0.25, 0.3) is 15.6 Å². The number of imidazole rings is 1. The van der Waals surface area contributed by atoms with Crippen molar-refractivity contribution in [3.63, 3.8) is 0 Å². The number of aliphatic hydroxyl groups excluding tert-OH is 2. The number of carbonyl (C=O) groups excluding carboxylic acids is 3. The number of carboxylic acid groups (broad SMARTS) is 1. The Kier molecular flexibility index (Phi) is 18.9. The van der Waals surface area contributed by atoms with E-state index < -0.39 is 101 Å². The van der Waals surface area contributed by atoms with E-state index in [1.165, 1.54) is 13.8 Å². The molecule has 26 nitrogen and oxygen atoms in total. The second kappa shape index (κ2) is 22.8. The molecule has 0 spiro atoms. The molecule has 2 amide bonds. The lowest BCUT2D eigenvalue weighted by Gasteiger charge is -2.36. The van der Waals surface area contributed by atoms with Crippen molar-refractivity contribution < 1.29 is 90.4 Å². The SMILES string of the molecule is CC(C)(CCc1ccc(CCC(C)(C)C(=O)CCNC(=O)CCNC(=O)C(O)C(C)(C)COP(=O)([O-])OP(=O)([O-])OCC2OC(n3cnc4c(N)ncnc43)C(O)C2OP(=O)([O-])[O-])cc1)C(=O)O. The monoisotopic (exact) mass is 1020 g/mol. The molecule has 1 fully saturated rings. The van der Waals surface area contributed by atoms with Crippen LogP contribution in [0.2, 0.25) is 0 Å². The summed E-state index contributed by atoms with van der Waals surface area (Å²) >= 11 is 0. The molecule has 0 saturated carbocycles. The number of benzene rings is 1. The van der Waals surface area contributed by atoms with Gasteiger partial charge in [-0.1, -0.05) is 52.0 Å². The Bertz CT molecular complexity index is 2410. The molecule has 0 bridgehead atoms. The number of carboxylic acids is 1. The number of phosphoric acid groups is 3. The molecule has 3 heterocycles. The van der Waals surface area contributed by atoms with Gasteiger partial charge >= 0.3 is 5.97 Å². The summed E-state index contributed by atoms with van der Waals surface area (Å²) in [6.45, 7) is 6.81. The number of ketones is 1. The number of amides is 2. The van der Waals surface area contributed by atoms with Crippen molar-refractivity contribution in [2.75, 3.05) is 32.0 Å². The minimum Gasteiger partial charge on any atom is -0.790 e. The third-order valence-corrected chi connectivity index (χ3v) is 14.2. The Labute approximate surface area is 390 Å². The van der Waals surface area contributed by atoms with Crippen LogP contribution in [0.5, 0.6) is 0 Å². The highest BCUT2D eigenvalue weighted by Crippen LogP contribution is 2.56. The molecule has 2 aromatic heterocycles. The number of carbonyl (C=O) groups is 4. The van der Waals surface area contributed by atoms with E-state index in [1.54, 1.807) is 13.8 Å². The summed E-state index contributed by atoms with van der Waals surface area (Å²) in [5.41, 5.74) is 4.52. The Balaban J connectivity index is 1.18. The fourth-order valence-electron chi connectivity index (χ4n) is 6.60. The van der Waals surface area contributed by atoms with Crippen molar-refractivity contribution in [2.24, 2.45) is 16.2 Å². The van der Waals surface area contributed by atoms with E-state index in [1.807, 2.05) is 38.1 Å². The fourth-order valence-corrected chi connectivity index (χ4v) is 9.34. The second-order valence-electron chi connectivity index (χ2n) is 18.0. The summed E-state index contributed by atoms with van der Waals surface area (Å²) in [6.07, 6.45) is -5.45. The normalized spacial score (nSPS) is 20.4. The zero-order valence-corrected chi connectivity index (χ0v) is 40.7. The summed E-state index contributed by atoms with van der Waals surface area (Å²) in [4.78, 5) is 109. The lowest BCUT2D eigenvalue weighted by molar-refractivity contribution is -0.347. The first-order valence-electron chi connectivity index (χ1n) is 21.0. The molecule has 7 atom stereocenters. The molecular formula is C39H56N7O19P3-4. The average molecular weight is 1020 g/mol. The third-order valence-electron chi connectivity index (χ3n) is 11.2. The maximum Gasteiger partial charge on any atom is 0.309 e. The number of nitrogens with two attached hydrogens (primary N) is 1. The number of aryl methyl sites for hydroxylation is 2. The fraction of sp³-hybridized carbons (Fsp3) is 0.615. The van der Waals surface area contributed by atoms with Gasteiger partial charge in [0.05, 0.1) is 32.8 Å². The summed E-state index contributed by atoms with van der Waals surface area (Å²) in [7, 11) is -17.7. The number of ether oxygens (including phenoxy) is 1. The highest BCUT2D eigenvalue weighted by atomic mass is 31.3. The van der Waals surface area contributed by atoms with E-state index in [2.05, 4.69) is 43.5 Å².